The van der Waals surface area contributed by atoms with Crippen molar-refractivity contribution in [3.63, 3.8) is 0 Å². The number of carbonyl (C=O) groups excluding carboxylic acids is 1. The van der Waals surface area contributed by atoms with Crippen LogP contribution in [0.3, 0.4) is 0 Å². The second-order valence-electron chi connectivity index (χ2n) is 5.15. The van der Waals surface area contributed by atoms with Gasteiger partial charge < -0.3 is 10.6 Å². The molecule has 0 aliphatic heterocycles. The summed E-state index contributed by atoms with van der Waals surface area (Å²) in [5.74, 6) is 0.467. The van der Waals surface area contributed by atoms with Crippen molar-refractivity contribution < 1.29 is 4.79 Å². The van der Waals surface area contributed by atoms with Crippen LogP contribution in [-0.2, 0) is 0 Å². The van der Waals surface area contributed by atoms with Gasteiger partial charge in [0.05, 0.1) is 0 Å². The molecule has 2 unspecified atom stereocenters. The standard InChI is InChI=1S/C15H23N3O/c1-2-18(14-9-4-3-7-12(14)11-16)15(19)13-8-5-6-10-17-13/h5-6,8,10,12,14H,2-4,7,9,11,16H2,1H3. The van der Waals surface area contributed by atoms with Crippen molar-refractivity contribution in [2.24, 2.45) is 11.7 Å². The zero-order chi connectivity index (χ0) is 13.7. The summed E-state index contributed by atoms with van der Waals surface area (Å²) in [4.78, 5) is 18.7. The van der Waals surface area contributed by atoms with E-state index in [1.54, 1.807) is 12.3 Å². The lowest BCUT2D eigenvalue weighted by Gasteiger charge is -2.39. The molecule has 0 bridgehead atoms. The Morgan fingerprint density at radius 3 is 2.84 bits per heavy atom. The number of nitrogens with two attached hydrogens (primary N) is 1. The number of amides is 1. The van der Waals surface area contributed by atoms with Crippen LogP contribution in [0.1, 0.15) is 43.1 Å². The predicted molar refractivity (Wildman–Crippen MR) is 75.7 cm³/mol. The van der Waals surface area contributed by atoms with Gasteiger partial charge in [-0.25, -0.2) is 0 Å². The number of carbonyl (C=O) groups is 1. The van der Waals surface area contributed by atoms with E-state index >= 15 is 0 Å². The molecule has 104 valence electrons. The lowest BCUT2D eigenvalue weighted by molar-refractivity contribution is 0.0554. The van der Waals surface area contributed by atoms with E-state index in [0.717, 1.165) is 19.4 Å². The molecule has 1 aromatic heterocycles. The van der Waals surface area contributed by atoms with Crippen LogP contribution in [0, 0.1) is 5.92 Å². The van der Waals surface area contributed by atoms with E-state index in [1.807, 2.05) is 24.0 Å². The molecule has 1 aliphatic rings. The van der Waals surface area contributed by atoms with Gasteiger partial charge in [0.1, 0.15) is 5.69 Å². The van der Waals surface area contributed by atoms with Crippen LogP contribution < -0.4 is 5.73 Å². The molecular formula is C15H23N3O. The summed E-state index contributed by atoms with van der Waals surface area (Å²) in [5, 5.41) is 0. The van der Waals surface area contributed by atoms with Crippen LogP contribution in [0.2, 0.25) is 0 Å². The molecule has 0 aromatic carbocycles. The van der Waals surface area contributed by atoms with Crippen molar-refractivity contribution in [1.29, 1.82) is 0 Å². The molecule has 2 N–H and O–H groups in total. The van der Waals surface area contributed by atoms with Gasteiger partial charge in [-0.1, -0.05) is 18.9 Å². The molecule has 0 spiro atoms. The number of rotatable bonds is 4. The summed E-state index contributed by atoms with van der Waals surface area (Å²) in [6.45, 7) is 3.41. The Bertz CT molecular complexity index is 407. The smallest absolute Gasteiger partial charge is 0.272 e. The topological polar surface area (TPSA) is 59.2 Å². The first-order valence-electron chi connectivity index (χ1n) is 7.20. The highest BCUT2D eigenvalue weighted by molar-refractivity contribution is 5.92. The van der Waals surface area contributed by atoms with Crippen LogP contribution in [-0.4, -0.2) is 34.9 Å². The normalized spacial score (nSPS) is 23.1. The molecule has 1 saturated carbocycles. The Morgan fingerprint density at radius 1 is 1.42 bits per heavy atom. The average molecular weight is 261 g/mol. The Labute approximate surface area is 115 Å². The van der Waals surface area contributed by atoms with Crippen LogP contribution in [0.5, 0.6) is 0 Å². The summed E-state index contributed by atoms with van der Waals surface area (Å²) in [6.07, 6.45) is 6.28. The van der Waals surface area contributed by atoms with Gasteiger partial charge in [-0.15, -0.1) is 0 Å². The fourth-order valence-electron chi connectivity index (χ4n) is 3.04. The Hall–Kier alpha value is -1.42. The summed E-state index contributed by atoms with van der Waals surface area (Å²) in [7, 11) is 0. The molecule has 1 fully saturated rings. The van der Waals surface area contributed by atoms with Crippen molar-refractivity contribution in [3.8, 4) is 0 Å². The molecule has 1 heterocycles. The van der Waals surface area contributed by atoms with Crippen molar-refractivity contribution in [2.75, 3.05) is 13.1 Å². The van der Waals surface area contributed by atoms with Crippen LogP contribution in [0.4, 0.5) is 0 Å². The number of pyridine rings is 1. The first-order valence-corrected chi connectivity index (χ1v) is 7.20. The second-order valence-corrected chi connectivity index (χ2v) is 5.15. The molecule has 4 nitrogen and oxygen atoms in total. The molecule has 1 aromatic rings. The lowest BCUT2D eigenvalue weighted by atomic mass is 9.83. The first kappa shape index (κ1) is 14.0. The maximum atomic E-state index is 12.6. The molecule has 1 amide bonds. The lowest BCUT2D eigenvalue weighted by Crippen LogP contribution is -2.48. The monoisotopic (exact) mass is 261 g/mol. The molecular weight excluding hydrogens is 238 g/mol. The summed E-state index contributed by atoms with van der Waals surface area (Å²) in [6, 6.07) is 5.75. The summed E-state index contributed by atoms with van der Waals surface area (Å²) in [5.41, 5.74) is 6.40. The van der Waals surface area contributed by atoms with Gasteiger partial charge in [0.15, 0.2) is 0 Å². The number of nitrogens with zero attached hydrogens (tertiary/aromatic N) is 2. The van der Waals surface area contributed by atoms with Crippen molar-refractivity contribution in [1.82, 2.24) is 9.88 Å². The minimum absolute atomic E-state index is 0.0356. The average Bonchev–Trinajstić information content (AvgIpc) is 2.49. The van der Waals surface area contributed by atoms with Gasteiger partial charge in [0.25, 0.3) is 5.91 Å². The third-order valence-electron chi connectivity index (χ3n) is 4.06. The van der Waals surface area contributed by atoms with E-state index in [1.165, 1.54) is 12.8 Å². The van der Waals surface area contributed by atoms with Gasteiger partial charge in [-0.05, 0) is 44.4 Å². The fraction of sp³-hybridized carbons (Fsp3) is 0.600. The Balaban J connectivity index is 2.16. The SMILES string of the molecule is CCN(C(=O)c1ccccn1)C1CCCCC1CN. The van der Waals surface area contributed by atoms with Gasteiger partial charge >= 0.3 is 0 Å². The third-order valence-corrected chi connectivity index (χ3v) is 4.06. The second kappa shape index (κ2) is 6.66. The molecule has 0 saturated heterocycles. The van der Waals surface area contributed by atoms with E-state index in [2.05, 4.69) is 4.98 Å². The largest absolute Gasteiger partial charge is 0.334 e. The van der Waals surface area contributed by atoms with Gasteiger partial charge in [0, 0.05) is 18.8 Å². The summed E-state index contributed by atoms with van der Waals surface area (Å²) < 4.78 is 0. The Kier molecular flexibility index (Phi) is 4.91. The van der Waals surface area contributed by atoms with E-state index in [-0.39, 0.29) is 11.9 Å². The fourth-order valence-corrected chi connectivity index (χ4v) is 3.04. The quantitative estimate of drug-likeness (QED) is 0.902. The van der Waals surface area contributed by atoms with Gasteiger partial charge in [0.2, 0.25) is 0 Å². The van der Waals surface area contributed by atoms with Gasteiger partial charge in [-0.3, -0.25) is 9.78 Å². The molecule has 2 atom stereocenters. The Morgan fingerprint density at radius 2 is 2.21 bits per heavy atom. The minimum Gasteiger partial charge on any atom is -0.334 e. The highest BCUT2D eigenvalue weighted by Crippen LogP contribution is 2.28. The van der Waals surface area contributed by atoms with Crippen LogP contribution in [0.15, 0.2) is 24.4 Å². The zero-order valence-electron chi connectivity index (χ0n) is 11.6. The van der Waals surface area contributed by atoms with E-state index in [0.29, 0.717) is 18.2 Å². The van der Waals surface area contributed by atoms with Crippen LogP contribution >= 0.6 is 0 Å². The molecule has 0 radical (unpaired) electrons. The predicted octanol–water partition coefficient (Wildman–Crippen LogP) is 2.06. The highest BCUT2D eigenvalue weighted by atomic mass is 16.2. The zero-order valence-corrected chi connectivity index (χ0v) is 11.6. The summed E-state index contributed by atoms with van der Waals surface area (Å²) >= 11 is 0. The molecule has 19 heavy (non-hydrogen) atoms. The minimum atomic E-state index is 0.0356. The maximum absolute atomic E-state index is 12.6. The molecule has 4 heteroatoms. The molecule has 1 aliphatic carbocycles. The van der Waals surface area contributed by atoms with Crippen LogP contribution in [0.25, 0.3) is 0 Å². The maximum Gasteiger partial charge on any atom is 0.272 e. The van der Waals surface area contributed by atoms with Crippen molar-refractivity contribution in [3.05, 3.63) is 30.1 Å². The van der Waals surface area contributed by atoms with Crippen molar-refractivity contribution >= 4 is 5.91 Å². The highest BCUT2D eigenvalue weighted by Gasteiger charge is 2.31. The number of aromatic nitrogens is 1. The van der Waals surface area contributed by atoms with Gasteiger partial charge in [-0.2, -0.15) is 0 Å². The number of hydrogen-bond donors (Lipinski definition) is 1. The molecule has 2 rings (SSSR count). The first-order chi connectivity index (χ1) is 9.27. The number of hydrogen-bond acceptors (Lipinski definition) is 3. The third kappa shape index (κ3) is 3.13. The van der Waals surface area contributed by atoms with Crippen molar-refractivity contribution in [2.45, 2.75) is 38.6 Å². The van der Waals surface area contributed by atoms with E-state index in [9.17, 15) is 4.79 Å². The van der Waals surface area contributed by atoms with E-state index < -0.39 is 0 Å². The van der Waals surface area contributed by atoms with E-state index in [4.69, 9.17) is 5.73 Å².